The van der Waals surface area contributed by atoms with Crippen molar-refractivity contribution in [2.75, 3.05) is 13.1 Å². The molecule has 6 heteroatoms. The van der Waals surface area contributed by atoms with Crippen LogP contribution >= 0.6 is 11.3 Å². The number of hydrogen-bond donors (Lipinski definition) is 0. The maximum absolute atomic E-state index is 13.0. The fourth-order valence-electron chi connectivity index (χ4n) is 4.58. The van der Waals surface area contributed by atoms with Crippen molar-refractivity contribution in [3.8, 4) is 0 Å². The summed E-state index contributed by atoms with van der Waals surface area (Å²) in [6, 6.07) is 2.03. The number of thiophene rings is 1. The Morgan fingerprint density at radius 1 is 1.33 bits per heavy atom. The van der Waals surface area contributed by atoms with Gasteiger partial charge < -0.3 is 9.47 Å². The van der Waals surface area contributed by atoms with E-state index in [4.69, 9.17) is 0 Å². The second-order valence-corrected chi connectivity index (χ2v) is 8.31. The summed E-state index contributed by atoms with van der Waals surface area (Å²) < 4.78 is 2.03. The third kappa shape index (κ3) is 2.48. The van der Waals surface area contributed by atoms with E-state index in [2.05, 4.69) is 15.1 Å². The van der Waals surface area contributed by atoms with Gasteiger partial charge in [0.05, 0.1) is 4.88 Å². The first-order chi connectivity index (χ1) is 11.6. The van der Waals surface area contributed by atoms with Crippen molar-refractivity contribution in [2.45, 2.75) is 44.9 Å². The quantitative estimate of drug-likeness (QED) is 0.839. The van der Waals surface area contributed by atoms with Gasteiger partial charge in [0.15, 0.2) is 0 Å². The minimum absolute atomic E-state index is 0.180. The molecule has 1 saturated carbocycles. The Balaban J connectivity index is 1.67. The highest BCUT2D eigenvalue weighted by Gasteiger charge is 2.50. The lowest BCUT2D eigenvalue weighted by atomic mass is 9.67. The van der Waals surface area contributed by atoms with Crippen LogP contribution in [0, 0.1) is 12.3 Å². The predicted molar refractivity (Wildman–Crippen MR) is 94.2 cm³/mol. The fourth-order valence-corrected chi connectivity index (χ4v) is 5.48. The van der Waals surface area contributed by atoms with Gasteiger partial charge in [0.1, 0.15) is 12.2 Å². The molecule has 0 aromatic carbocycles. The highest BCUT2D eigenvalue weighted by Crippen LogP contribution is 2.51. The Morgan fingerprint density at radius 3 is 2.75 bits per heavy atom. The molecule has 1 atom stereocenters. The molecule has 1 aliphatic carbocycles. The van der Waals surface area contributed by atoms with Crippen molar-refractivity contribution < 1.29 is 4.79 Å². The molecule has 5 nitrogen and oxygen atoms in total. The zero-order valence-corrected chi connectivity index (χ0v) is 15.2. The largest absolute Gasteiger partial charge is 0.337 e. The van der Waals surface area contributed by atoms with Crippen molar-refractivity contribution in [2.24, 2.45) is 12.5 Å². The van der Waals surface area contributed by atoms with Gasteiger partial charge in [-0.25, -0.2) is 0 Å². The van der Waals surface area contributed by atoms with Crippen LogP contribution in [0.4, 0.5) is 0 Å². The van der Waals surface area contributed by atoms with Gasteiger partial charge in [-0.05, 0) is 42.2 Å². The summed E-state index contributed by atoms with van der Waals surface area (Å²) in [4.78, 5) is 16.0. The number of likely N-dealkylation sites (tertiary alicyclic amines) is 1. The minimum atomic E-state index is 0.180. The van der Waals surface area contributed by atoms with Crippen molar-refractivity contribution in [1.82, 2.24) is 19.7 Å². The molecule has 2 aromatic heterocycles. The van der Waals surface area contributed by atoms with E-state index in [0.717, 1.165) is 29.4 Å². The number of amides is 1. The molecule has 0 bridgehead atoms. The van der Waals surface area contributed by atoms with Crippen LogP contribution in [0.3, 0.4) is 0 Å². The van der Waals surface area contributed by atoms with Crippen LogP contribution in [0.1, 0.15) is 59.1 Å². The van der Waals surface area contributed by atoms with Crippen LogP contribution in [0.5, 0.6) is 0 Å². The molecule has 0 N–H and O–H groups in total. The first kappa shape index (κ1) is 15.8. The molecule has 2 aromatic rings. The molecule has 2 aliphatic rings. The number of nitrogens with zero attached hydrogens (tertiary/aromatic N) is 4. The van der Waals surface area contributed by atoms with Crippen molar-refractivity contribution in [3.05, 3.63) is 34.0 Å². The van der Waals surface area contributed by atoms with E-state index in [1.807, 2.05) is 30.0 Å². The van der Waals surface area contributed by atoms with Crippen LogP contribution < -0.4 is 0 Å². The lowest BCUT2D eigenvalue weighted by Gasteiger charge is -2.37. The van der Waals surface area contributed by atoms with Gasteiger partial charge in [-0.1, -0.05) is 19.3 Å². The average molecular weight is 344 g/mol. The summed E-state index contributed by atoms with van der Waals surface area (Å²) in [5, 5.41) is 10.5. The topological polar surface area (TPSA) is 51.0 Å². The molecule has 24 heavy (non-hydrogen) atoms. The Bertz CT molecular complexity index is 744. The molecule has 128 valence electrons. The molecule has 2 fully saturated rings. The zero-order valence-electron chi connectivity index (χ0n) is 14.4. The molecular formula is C18H24N4OS. The molecule has 1 amide bonds. The monoisotopic (exact) mass is 344 g/mol. The van der Waals surface area contributed by atoms with Gasteiger partial charge in [-0.2, -0.15) is 0 Å². The number of rotatable bonds is 2. The highest BCUT2D eigenvalue weighted by molar-refractivity contribution is 7.12. The minimum Gasteiger partial charge on any atom is -0.337 e. The molecule has 1 unspecified atom stereocenters. The van der Waals surface area contributed by atoms with Gasteiger partial charge in [-0.3, -0.25) is 4.79 Å². The highest BCUT2D eigenvalue weighted by atomic mass is 32.1. The van der Waals surface area contributed by atoms with E-state index in [9.17, 15) is 4.79 Å². The van der Waals surface area contributed by atoms with Gasteiger partial charge in [0, 0.05) is 26.1 Å². The van der Waals surface area contributed by atoms with Gasteiger partial charge in [0.2, 0.25) is 0 Å². The van der Waals surface area contributed by atoms with Crippen molar-refractivity contribution >= 4 is 17.2 Å². The zero-order chi connectivity index (χ0) is 16.7. The number of aryl methyl sites for hydroxylation is 2. The SMILES string of the molecule is Cc1ccsc1C(=O)N1CC(c2nncn2C)C2(CCCCC2)C1. The van der Waals surface area contributed by atoms with Crippen molar-refractivity contribution in [1.29, 1.82) is 0 Å². The van der Waals surface area contributed by atoms with Crippen molar-refractivity contribution in [3.63, 3.8) is 0 Å². The second kappa shape index (κ2) is 5.99. The molecule has 1 aliphatic heterocycles. The molecular weight excluding hydrogens is 320 g/mol. The lowest BCUT2D eigenvalue weighted by molar-refractivity contribution is 0.0762. The average Bonchev–Trinajstić information content (AvgIpc) is 3.27. The molecule has 1 spiro atoms. The first-order valence-electron chi connectivity index (χ1n) is 8.78. The Morgan fingerprint density at radius 2 is 2.12 bits per heavy atom. The van der Waals surface area contributed by atoms with Crippen LogP contribution in [-0.4, -0.2) is 38.7 Å². The maximum atomic E-state index is 13.0. The van der Waals surface area contributed by atoms with Crippen LogP contribution in [0.25, 0.3) is 0 Å². The van der Waals surface area contributed by atoms with E-state index in [0.29, 0.717) is 5.92 Å². The molecule has 1 saturated heterocycles. The number of hydrogen-bond acceptors (Lipinski definition) is 4. The molecule has 4 rings (SSSR count). The third-order valence-electron chi connectivity index (χ3n) is 5.90. The summed E-state index contributed by atoms with van der Waals surface area (Å²) in [5.74, 6) is 1.53. The van der Waals surface area contributed by atoms with Crippen LogP contribution in [0.15, 0.2) is 17.8 Å². The van der Waals surface area contributed by atoms with Gasteiger partial charge in [0.25, 0.3) is 5.91 Å². The summed E-state index contributed by atoms with van der Waals surface area (Å²) in [6.45, 7) is 3.65. The fraction of sp³-hybridized carbons (Fsp3) is 0.611. The van der Waals surface area contributed by atoms with Crippen LogP contribution in [0.2, 0.25) is 0 Å². The number of aromatic nitrogens is 3. The Hall–Kier alpha value is -1.69. The summed E-state index contributed by atoms with van der Waals surface area (Å²) >= 11 is 1.56. The van der Waals surface area contributed by atoms with Gasteiger partial charge in [-0.15, -0.1) is 21.5 Å². The Kier molecular flexibility index (Phi) is 3.95. The van der Waals surface area contributed by atoms with E-state index in [1.165, 1.54) is 32.1 Å². The van der Waals surface area contributed by atoms with E-state index < -0.39 is 0 Å². The van der Waals surface area contributed by atoms with E-state index in [1.54, 1.807) is 17.7 Å². The normalized spacial score (nSPS) is 23.1. The smallest absolute Gasteiger partial charge is 0.264 e. The van der Waals surface area contributed by atoms with E-state index in [-0.39, 0.29) is 11.3 Å². The Labute approximate surface area is 146 Å². The first-order valence-corrected chi connectivity index (χ1v) is 9.66. The summed E-state index contributed by atoms with van der Waals surface area (Å²) in [7, 11) is 2.01. The summed E-state index contributed by atoms with van der Waals surface area (Å²) in [5.41, 5.74) is 1.27. The number of carbonyl (C=O) groups excluding carboxylic acids is 1. The van der Waals surface area contributed by atoms with E-state index >= 15 is 0 Å². The second-order valence-electron chi connectivity index (χ2n) is 7.39. The van der Waals surface area contributed by atoms with Gasteiger partial charge >= 0.3 is 0 Å². The molecule has 0 radical (unpaired) electrons. The lowest BCUT2D eigenvalue weighted by Crippen LogP contribution is -2.34. The molecule has 3 heterocycles. The predicted octanol–water partition coefficient (Wildman–Crippen LogP) is 3.38. The standard InChI is InChI=1S/C18H24N4OS/c1-13-6-9-24-15(13)17(23)22-10-14(16-20-19-12-21(16)2)18(11-22)7-4-3-5-8-18/h6,9,12,14H,3-5,7-8,10-11H2,1-2H3. The summed E-state index contributed by atoms with van der Waals surface area (Å²) in [6.07, 6.45) is 7.99. The van der Waals surface area contributed by atoms with Crippen LogP contribution in [-0.2, 0) is 7.05 Å². The maximum Gasteiger partial charge on any atom is 0.264 e. The third-order valence-corrected chi connectivity index (χ3v) is 6.90. The number of carbonyl (C=O) groups is 1.